The second kappa shape index (κ2) is 8.22. The number of fused-ring (bicyclic) bond motifs is 1. The number of amides is 3. The summed E-state index contributed by atoms with van der Waals surface area (Å²) in [6, 6.07) is 12.0. The number of urea groups is 1. The lowest BCUT2D eigenvalue weighted by Gasteiger charge is -2.17. The molecular weight excluding hydrogens is 430 g/mol. The molecule has 2 fully saturated rings. The van der Waals surface area contributed by atoms with Crippen LogP contribution in [0.5, 0.6) is 5.75 Å². The van der Waals surface area contributed by atoms with Crippen LogP contribution in [0, 0.1) is 0 Å². The zero-order valence-electron chi connectivity index (χ0n) is 17.6. The second-order valence-corrected chi connectivity index (χ2v) is 10.5. The van der Waals surface area contributed by atoms with Crippen molar-refractivity contribution in [3.05, 3.63) is 59.2 Å². The zero-order chi connectivity index (χ0) is 22.3. The van der Waals surface area contributed by atoms with Gasteiger partial charge in [0.1, 0.15) is 12.3 Å². The molecule has 5 rings (SSSR count). The molecule has 0 aromatic heterocycles. The van der Waals surface area contributed by atoms with E-state index in [0.29, 0.717) is 18.8 Å². The smallest absolute Gasteiger partial charge is 0.324 e. The van der Waals surface area contributed by atoms with Crippen molar-refractivity contribution in [1.82, 2.24) is 14.5 Å². The molecule has 1 aliphatic carbocycles. The third kappa shape index (κ3) is 4.10. The van der Waals surface area contributed by atoms with Gasteiger partial charge >= 0.3 is 6.03 Å². The fourth-order valence-electron chi connectivity index (χ4n) is 4.57. The van der Waals surface area contributed by atoms with Gasteiger partial charge in [0.05, 0.1) is 11.0 Å². The number of hydrogen-bond acceptors (Lipinski definition) is 5. The highest BCUT2D eigenvalue weighted by Crippen LogP contribution is 2.32. The average molecular weight is 456 g/mol. The van der Waals surface area contributed by atoms with Gasteiger partial charge in [-0.1, -0.05) is 24.3 Å². The Kier molecular flexibility index (Phi) is 5.38. The summed E-state index contributed by atoms with van der Waals surface area (Å²) in [5.41, 5.74) is 2.72. The van der Waals surface area contributed by atoms with Crippen molar-refractivity contribution in [2.24, 2.45) is 0 Å². The molecular formula is C23H25N3O5S. The van der Waals surface area contributed by atoms with E-state index in [4.69, 9.17) is 4.74 Å². The normalized spacial score (nSPS) is 19.4. The number of nitrogens with zero attached hydrogens (tertiary/aromatic N) is 2. The molecule has 9 heteroatoms. The summed E-state index contributed by atoms with van der Waals surface area (Å²) in [5.74, 6) is 0.281. The van der Waals surface area contributed by atoms with Crippen LogP contribution in [0.25, 0.3) is 0 Å². The van der Waals surface area contributed by atoms with E-state index in [2.05, 4.69) is 5.32 Å². The van der Waals surface area contributed by atoms with Gasteiger partial charge in [0.25, 0.3) is 0 Å². The fourth-order valence-corrected chi connectivity index (χ4v) is 6.00. The van der Waals surface area contributed by atoms with Gasteiger partial charge in [-0.2, -0.15) is 4.31 Å². The number of hydrogen-bond donors (Lipinski definition) is 1. The Labute approximate surface area is 187 Å². The lowest BCUT2D eigenvalue weighted by atomic mass is 10.1. The molecule has 0 spiro atoms. The van der Waals surface area contributed by atoms with Gasteiger partial charge in [0.2, 0.25) is 15.9 Å². The van der Waals surface area contributed by atoms with Crippen molar-refractivity contribution in [2.45, 2.75) is 56.3 Å². The van der Waals surface area contributed by atoms with Gasteiger partial charge in [-0.25, -0.2) is 13.2 Å². The number of benzene rings is 2. The number of rotatable bonds is 6. The summed E-state index contributed by atoms with van der Waals surface area (Å²) in [6.07, 6.45) is 4.47. The minimum absolute atomic E-state index is 0.0374. The summed E-state index contributed by atoms with van der Waals surface area (Å²) in [5, 5.41) is 2.26. The summed E-state index contributed by atoms with van der Waals surface area (Å²) in [7, 11) is -3.68. The highest BCUT2D eigenvalue weighted by atomic mass is 32.2. The zero-order valence-corrected chi connectivity index (χ0v) is 18.4. The predicted octanol–water partition coefficient (Wildman–Crippen LogP) is 2.76. The van der Waals surface area contributed by atoms with E-state index in [1.165, 1.54) is 9.21 Å². The van der Waals surface area contributed by atoms with Gasteiger partial charge in [-0.05, 0) is 54.5 Å². The molecule has 32 heavy (non-hydrogen) atoms. The van der Waals surface area contributed by atoms with Gasteiger partial charge in [0, 0.05) is 25.7 Å². The van der Waals surface area contributed by atoms with Crippen molar-refractivity contribution < 1.29 is 22.7 Å². The van der Waals surface area contributed by atoms with Crippen molar-refractivity contribution in [3.8, 4) is 5.75 Å². The highest BCUT2D eigenvalue weighted by Gasteiger charge is 2.32. The number of ether oxygens (including phenoxy) is 1. The van der Waals surface area contributed by atoms with Crippen LogP contribution in [0.3, 0.4) is 0 Å². The van der Waals surface area contributed by atoms with Crippen LogP contribution in [0.2, 0.25) is 0 Å². The number of sulfonamides is 1. The summed E-state index contributed by atoms with van der Waals surface area (Å²) in [4.78, 5) is 24.9. The molecule has 2 aromatic carbocycles. The van der Waals surface area contributed by atoms with Crippen LogP contribution in [0.15, 0.2) is 47.4 Å². The van der Waals surface area contributed by atoms with Gasteiger partial charge in [0.15, 0.2) is 0 Å². The van der Waals surface area contributed by atoms with E-state index in [-0.39, 0.29) is 30.0 Å². The fraction of sp³-hybridized carbons (Fsp3) is 0.391. The maximum absolute atomic E-state index is 13.3. The van der Waals surface area contributed by atoms with E-state index in [1.54, 1.807) is 18.2 Å². The summed E-state index contributed by atoms with van der Waals surface area (Å²) >= 11 is 0. The molecule has 0 radical (unpaired) electrons. The number of carbonyl (C=O) groups excluding carboxylic acids is 2. The Morgan fingerprint density at radius 2 is 1.75 bits per heavy atom. The molecule has 2 aliphatic heterocycles. The van der Waals surface area contributed by atoms with Crippen molar-refractivity contribution in [1.29, 1.82) is 0 Å². The van der Waals surface area contributed by atoms with Crippen molar-refractivity contribution in [2.75, 3.05) is 6.54 Å². The standard InChI is InChI=1S/C23H25N3O5S/c27-22-15-25(23(28)24-22)12-16-8-9-17-13-26(14-18(17)10-16)32(29,30)21-7-3-6-20(11-21)31-19-4-1-2-5-19/h3,6-11,19H,1-2,4-5,12-15H2,(H,24,27,28). The van der Waals surface area contributed by atoms with E-state index < -0.39 is 16.1 Å². The van der Waals surface area contributed by atoms with Crippen LogP contribution in [-0.4, -0.2) is 42.2 Å². The molecule has 0 unspecified atom stereocenters. The maximum atomic E-state index is 13.3. The van der Waals surface area contributed by atoms with Crippen LogP contribution in [0.4, 0.5) is 4.79 Å². The molecule has 8 nitrogen and oxygen atoms in total. The molecule has 1 saturated carbocycles. The monoisotopic (exact) mass is 455 g/mol. The maximum Gasteiger partial charge on any atom is 0.324 e. The Morgan fingerprint density at radius 3 is 2.50 bits per heavy atom. The van der Waals surface area contributed by atoms with Gasteiger partial charge in [-0.3, -0.25) is 10.1 Å². The average Bonchev–Trinajstić information content (AvgIpc) is 3.49. The lowest BCUT2D eigenvalue weighted by molar-refractivity contribution is -0.118. The van der Waals surface area contributed by atoms with Crippen LogP contribution < -0.4 is 10.1 Å². The topological polar surface area (TPSA) is 96.0 Å². The molecule has 3 amide bonds. The van der Waals surface area contributed by atoms with E-state index in [1.807, 2.05) is 24.3 Å². The molecule has 2 aromatic rings. The molecule has 1 saturated heterocycles. The Hall–Kier alpha value is -2.91. The molecule has 0 bridgehead atoms. The van der Waals surface area contributed by atoms with Gasteiger partial charge in [-0.15, -0.1) is 0 Å². The summed E-state index contributed by atoms with van der Waals surface area (Å²) < 4.78 is 34.1. The molecule has 3 aliphatic rings. The minimum Gasteiger partial charge on any atom is -0.490 e. The van der Waals surface area contributed by atoms with Crippen LogP contribution in [0.1, 0.15) is 42.4 Å². The number of carbonyl (C=O) groups is 2. The lowest BCUT2D eigenvalue weighted by Crippen LogP contribution is -2.27. The minimum atomic E-state index is -3.68. The Morgan fingerprint density at radius 1 is 0.969 bits per heavy atom. The third-order valence-electron chi connectivity index (χ3n) is 6.25. The first-order valence-corrected chi connectivity index (χ1v) is 12.3. The highest BCUT2D eigenvalue weighted by molar-refractivity contribution is 7.89. The Bertz CT molecular complexity index is 1170. The SMILES string of the molecule is O=C1CN(Cc2ccc3c(c2)CN(S(=O)(=O)c2cccc(OC4CCCC4)c2)C3)C(=O)N1. The molecule has 1 N–H and O–H groups in total. The first kappa shape index (κ1) is 21.0. The summed E-state index contributed by atoms with van der Waals surface area (Å²) in [6.45, 7) is 0.909. The van der Waals surface area contributed by atoms with E-state index in [9.17, 15) is 18.0 Å². The number of imide groups is 1. The van der Waals surface area contributed by atoms with Crippen LogP contribution >= 0.6 is 0 Å². The van der Waals surface area contributed by atoms with Crippen molar-refractivity contribution >= 4 is 22.0 Å². The first-order chi connectivity index (χ1) is 15.4. The molecule has 2 heterocycles. The Balaban J connectivity index is 1.30. The number of nitrogens with one attached hydrogen (secondary N) is 1. The third-order valence-corrected chi connectivity index (χ3v) is 8.04. The molecule has 0 atom stereocenters. The largest absolute Gasteiger partial charge is 0.490 e. The van der Waals surface area contributed by atoms with E-state index >= 15 is 0 Å². The molecule has 168 valence electrons. The van der Waals surface area contributed by atoms with Crippen molar-refractivity contribution in [3.63, 3.8) is 0 Å². The van der Waals surface area contributed by atoms with Gasteiger partial charge < -0.3 is 9.64 Å². The predicted molar refractivity (Wildman–Crippen MR) is 116 cm³/mol. The first-order valence-electron chi connectivity index (χ1n) is 10.8. The van der Waals surface area contributed by atoms with Crippen LogP contribution in [-0.2, 0) is 34.5 Å². The second-order valence-electron chi connectivity index (χ2n) is 8.58. The van der Waals surface area contributed by atoms with E-state index in [0.717, 1.165) is 42.4 Å². The quantitative estimate of drug-likeness (QED) is 0.676.